The van der Waals surface area contributed by atoms with Crippen LogP contribution in [0.15, 0.2) is 18.2 Å². The fraction of sp³-hybridized carbons (Fsp3) is 0.250. The van der Waals surface area contributed by atoms with Crippen LogP contribution in [0.5, 0.6) is 5.75 Å². The van der Waals surface area contributed by atoms with Crippen LogP contribution in [-0.4, -0.2) is 36.5 Å². The first-order chi connectivity index (χ1) is 8.97. The number of ether oxygens (including phenoxy) is 1. The Morgan fingerprint density at radius 1 is 1.47 bits per heavy atom. The number of nitrogens with zero attached hydrogens (tertiary/aromatic N) is 1. The van der Waals surface area contributed by atoms with Gasteiger partial charge in [-0.3, -0.25) is 14.4 Å². The third-order valence-corrected chi connectivity index (χ3v) is 2.66. The van der Waals surface area contributed by atoms with Crippen LogP contribution >= 0.6 is 0 Å². The van der Waals surface area contributed by atoms with E-state index in [1.807, 2.05) is 0 Å². The number of carboxylic acid groups (broad SMARTS) is 1. The van der Waals surface area contributed by atoms with Crippen molar-refractivity contribution in [2.24, 2.45) is 0 Å². The Morgan fingerprint density at radius 3 is 2.89 bits per heavy atom. The number of hydrogen-bond donors (Lipinski definition) is 2. The number of nitrogens with one attached hydrogen (secondary N) is 1. The van der Waals surface area contributed by atoms with E-state index < -0.39 is 18.3 Å². The summed E-state index contributed by atoms with van der Waals surface area (Å²) >= 11 is 0. The van der Waals surface area contributed by atoms with Crippen molar-refractivity contribution in [1.82, 2.24) is 0 Å². The first-order valence-corrected chi connectivity index (χ1v) is 5.52. The molecule has 0 saturated heterocycles. The molecule has 0 aromatic heterocycles. The molecule has 2 amide bonds. The Hall–Kier alpha value is -2.57. The SMILES string of the molecule is CN(C(=O)CC(=O)O)c1ccc2c(c1)NC(=O)CO2. The fourth-order valence-electron chi connectivity index (χ4n) is 1.67. The van der Waals surface area contributed by atoms with Crippen LogP contribution in [0.1, 0.15) is 6.42 Å². The molecule has 19 heavy (non-hydrogen) atoms. The van der Waals surface area contributed by atoms with Crippen molar-refractivity contribution in [1.29, 1.82) is 0 Å². The number of rotatable bonds is 3. The van der Waals surface area contributed by atoms with Crippen molar-refractivity contribution in [3.05, 3.63) is 18.2 Å². The molecule has 0 bridgehead atoms. The smallest absolute Gasteiger partial charge is 0.312 e. The third kappa shape index (κ3) is 2.82. The molecule has 100 valence electrons. The molecule has 1 aliphatic rings. The summed E-state index contributed by atoms with van der Waals surface area (Å²) in [7, 11) is 1.47. The van der Waals surface area contributed by atoms with E-state index in [0.29, 0.717) is 17.1 Å². The number of carboxylic acids is 1. The molecule has 0 radical (unpaired) electrons. The van der Waals surface area contributed by atoms with E-state index in [2.05, 4.69) is 5.32 Å². The molecule has 0 saturated carbocycles. The van der Waals surface area contributed by atoms with Crippen molar-refractivity contribution in [3.63, 3.8) is 0 Å². The maximum atomic E-state index is 11.6. The maximum absolute atomic E-state index is 11.6. The molecule has 1 heterocycles. The number of aliphatic carboxylic acids is 1. The molecule has 1 aliphatic heterocycles. The van der Waals surface area contributed by atoms with Gasteiger partial charge in [-0.1, -0.05) is 0 Å². The zero-order valence-corrected chi connectivity index (χ0v) is 10.2. The van der Waals surface area contributed by atoms with E-state index >= 15 is 0 Å². The summed E-state index contributed by atoms with van der Waals surface area (Å²) in [5, 5.41) is 11.2. The molecule has 0 spiro atoms. The minimum Gasteiger partial charge on any atom is -0.482 e. The zero-order valence-electron chi connectivity index (χ0n) is 10.2. The van der Waals surface area contributed by atoms with Crippen molar-refractivity contribution in [3.8, 4) is 5.75 Å². The largest absolute Gasteiger partial charge is 0.482 e. The van der Waals surface area contributed by atoms with Crippen molar-refractivity contribution >= 4 is 29.2 Å². The minimum atomic E-state index is -1.19. The summed E-state index contributed by atoms with van der Waals surface area (Å²) in [6.07, 6.45) is -0.587. The van der Waals surface area contributed by atoms with Gasteiger partial charge in [0.1, 0.15) is 12.2 Å². The van der Waals surface area contributed by atoms with Gasteiger partial charge in [0.2, 0.25) is 5.91 Å². The zero-order chi connectivity index (χ0) is 14.0. The van der Waals surface area contributed by atoms with Gasteiger partial charge >= 0.3 is 5.97 Å². The van der Waals surface area contributed by atoms with Gasteiger partial charge in [-0.05, 0) is 18.2 Å². The normalized spacial score (nSPS) is 13.0. The quantitative estimate of drug-likeness (QED) is 0.773. The first kappa shape index (κ1) is 12.9. The molecule has 0 aliphatic carbocycles. The van der Waals surface area contributed by atoms with Crippen LogP contribution in [0.2, 0.25) is 0 Å². The van der Waals surface area contributed by atoms with Crippen LogP contribution in [0.25, 0.3) is 0 Å². The highest BCUT2D eigenvalue weighted by Crippen LogP contribution is 2.31. The molecule has 7 nitrogen and oxygen atoms in total. The second-order valence-corrected chi connectivity index (χ2v) is 4.04. The molecule has 2 N–H and O–H groups in total. The van der Waals surface area contributed by atoms with Gasteiger partial charge < -0.3 is 20.1 Å². The Morgan fingerprint density at radius 2 is 2.21 bits per heavy atom. The topological polar surface area (TPSA) is 95.9 Å². The molecule has 1 aromatic carbocycles. The molecule has 0 fully saturated rings. The van der Waals surface area contributed by atoms with Crippen molar-refractivity contribution < 1.29 is 24.2 Å². The summed E-state index contributed by atoms with van der Waals surface area (Å²) < 4.78 is 5.19. The predicted molar refractivity (Wildman–Crippen MR) is 66.2 cm³/mol. The Kier molecular flexibility index (Phi) is 3.37. The van der Waals surface area contributed by atoms with Crippen LogP contribution in [0.3, 0.4) is 0 Å². The lowest BCUT2D eigenvalue weighted by atomic mass is 10.2. The Balaban J connectivity index is 2.21. The summed E-state index contributed by atoms with van der Waals surface area (Å²) in [6.45, 7) is -0.0415. The number of fused-ring (bicyclic) bond motifs is 1. The Labute approximate surface area is 108 Å². The van der Waals surface area contributed by atoms with Gasteiger partial charge in [-0.25, -0.2) is 0 Å². The number of hydrogen-bond acceptors (Lipinski definition) is 4. The van der Waals surface area contributed by atoms with E-state index in [1.165, 1.54) is 11.9 Å². The van der Waals surface area contributed by atoms with E-state index in [1.54, 1.807) is 18.2 Å². The molecular weight excluding hydrogens is 252 g/mol. The highest BCUT2D eigenvalue weighted by molar-refractivity contribution is 6.03. The van der Waals surface area contributed by atoms with Gasteiger partial charge in [0.05, 0.1) is 5.69 Å². The summed E-state index contributed by atoms with van der Waals surface area (Å²) in [6, 6.07) is 4.80. The fourth-order valence-corrected chi connectivity index (χ4v) is 1.67. The summed E-state index contributed by atoms with van der Waals surface area (Å²) in [5.74, 6) is -1.49. The molecule has 1 aromatic rings. The van der Waals surface area contributed by atoms with Crippen LogP contribution in [0, 0.1) is 0 Å². The van der Waals surface area contributed by atoms with Gasteiger partial charge in [0, 0.05) is 12.7 Å². The average Bonchev–Trinajstić information content (AvgIpc) is 2.36. The van der Waals surface area contributed by atoms with Crippen LogP contribution in [0.4, 0.5) is 11.4 Å². The maximum Gasteiger partial charge on any atom is 0.312 e. The number of benzene rings is 1. The van der Waals surface area contributed by atoms with E-state index in [-0.39, 0.29) is 12.5 Å². The summed E-state index contributed by atoms with van der Waals surface area (Å²) in [5.41, 5.74) is 0.944. The molecule has 0 atom stereocenters. The third-order valence-electron chi connectivity index (χ3n) is 2.66. The molecule has 2 rings (SSSR count). The standard InChI is InChI=1S/C12H12N2O5/c1-14(11(16)5-12(17)18)7-2-3-9-8(4-7)13-10(15)6-19-9/h2-4H,5-6H2,1H3,(H,13,15)(H,17,18). The second kappa shape index (κ2) is 4.97. The monoisotopic (exact) mass is 264 g/mol. The highest BCUT2D eigenvalue weighted by Gasteiger charge is 2.19. The number of anilines is 2. The lowest BCUT2D eigenvalue weighted by molar-refractivity contribution is -0.140. The molecule has 7 heteroatoms. The van der Waals surface area contributed by atoms with Crippen LogP contribution < -0.4 is 15.0 Å². The Bertz CT molecular complexity index is 555. The summed E-state index contributed by atoms with van der Waals surface area (Å²) in [4.78, 5) is 34.5. The lowest BCUT2D eigenvalue weighted by Gasteiger charge is -2.22. The molecule has 0 unspecified atom stereocenters. The highest BCUT2D eigenvalue weighted by atomic mass is 16.5. The minimum absolute atomic E-state index is 0.0415. The first-order valence-electron chi connectivity index (χ1n) is 5.52. The lowest BCUT2D eigenvalue weighted by Crippen LogP contribution is -2.29. The number of carbonyl (C=O) groups is 3. The second-order valence-electron chi connectivity index (χ2n) is 4.04. The van der Waals surface area contributed by atoms with Crippen molar-refractivity contribution in [2.45, 2.75) is 6.42 Å². The van der Waals surface area contributed by atoms with E-state index in [0.717, 1.165) is 0 Å². The van der Waals surface area contributed by atoms with Gasteiger partial charge in [0.15, 0.2) is 6.61 Å². The number of amides is 2. The van der Waals surface area contributed by atoms with Crippen LogP contribution in [-0.2, 0) is 14.4 Å². The van der Waals surface area contributed by atoms with Gasteiger partial charge in [0.25, 0.3) is 5.91 Å². The number of carbonyl (C=O) groups excluding carboxylic acids is 2. The predicted octanol–water partition coefficient (Wildman–Crippen LogP) is 0.455. The van der Waals surface area contributed by atoms with Crippen molar-refractivity contribution in [2.75, 3.05) is 23.9 Å². The van der Waals surface area contributed by atoms with E-state index in [9.17, 15) is 14.4 Å². The molecular formula is C12H12N2O5. The van der Waals surface area contributed by atoms with Gasteiger partial charge in [-0.2, -0.15) is 0 Å². The average molecular weight is 264 g/mol. The van der Waals surface area contributed by atoms with Gasteiger partial charge in [-0.15, -0.1) is 0 Å². The van der Waals surface area contributed by atoms with E-state index in [4.69, 9.17) is 9.84 Å².